The summed E-state index contributed by atoms with van der Waals surface area (Å²) < 4.78 is 9.09. The molecular formula is C15H17ClN6O. The fourth-order valence-electron chi connectivity index (χ4n) is 3.01. The number of aryl methyl sites for hydroxylation is 1. The molecule has 0 unspecified atom stereocenters. The predicted octanol–water partition coefficient (Wildman–Crippen LogP) is 2.01. The number of halogens is 1. The number of ether oxygens (including phenoxy) is 1. The Balaban J connectivity index is 1.93. The Labute approximate surface area is 138 Å². The van der Waals surface area contributed by atoms with Gasteiger partial charge in [-0.25, -0.2) is 9.50 Å². The first kappa shape index (κ1) is 14.5. The van der Waals surface area contributed by atoms with Gasteiger partial charge in [0.2, 0.25) is 0 Å². The lowest BCUT2D eigenvalue weighted by Crippen LogP contribution is -2.44. The molecule has 0 amide bonds. The molecule has 4 heterocycles. The molecule has 4 rings (SSSR count). The van der Waals surface area contributed by atoms with Crippen LogP contribution in [0.3, 0.4) is 0 Å². The van der Waals surface area contributed by atoms with E-state index in [0.29, 0.717) is 18.4 Å². The summed E-state index contributed by atoms with van der Waals surface area (Å²) in [4.78, 5) is 6.44. The summed E-state index contributed by atoms with van der Waals surface area (Å²) in [5.41, 5.74) is 2.73. The Morgan fingerprint density at radius 1 is 1.39 bits per heavy atom. The predicted molar refractivity (Wildman–Crippen MR) is 87.8 cm³/mol. The lowest BCUT2D eigenvalue weighted by molar-refractivity contribution is 0.0984. The second kappa shape index (κ2) is 5.50. The van der Waals surface area contributed by atoms with E-state index in [4.69, 9.17) is 16.3 Å². The molecule has 0 saturated carbocycles. The van der Waals surface area contributed by atoms with Crippen LogP contribution in [0, 0.1) is 0 Å². The Bertz CT molecular complexity index is 857. The minimum absolute atomic E-state index is 0.270. The quantitative estimate of drug-likeness (QED) is 0.718. The first-order valence-corrected chi connectivity index (χ1v) is 7.89. The standard InChI is InChI=1S/C15H17ClN6O/c1-10-8-23-6-5-21(10)13-7-11(12-3-4-18-20(12)2)14-15(16)17-9-22(14)19-13/h3-4,7,9-10H,5-6,8H2,1-2H3/t10-/m1/s1. The maximum atomic E-state index is 6.28. The van der Waals surface area contributed by atoms with Gasteiger partial charge in [0.15, 0.2) is 11.0 Å². The van der Waals surface area contributed by atoms with E-state index in [-0.39, 0.29) is 6.04 Å². The van der Waals surface area contributed by atoms with Gasteiger partial charge in [-0.05, 0) is 19.1 Å². The molecule has 1 atom stereocenters. The number of imidazole rings is 1. The van der Waals surface area contributed by atoms with E-state index in [1.54, 1.807) is 17.0 Å². The van der Waals surface area contributed by atoms with Gasteiger partial charge in [0, 0.05) is 25.4 Å². The maximum Gasteiger partial charge on any atom is 0.157 e. The van der Waals surface area contributed by atoms with Crippen LogP contribution < -0.4 is 4.90 Å². The van der Waals surface area contributed by atoms with E-state index in [1.807, 2.05) is 17.8 Å². The third kappa shape index (κ3) is 2.36. The Morgan fingerprint density at radius 3 is 3.00 bits per heavy atom. The molecule has 0 N–H and O–H groups in total. The molecule has 8 heteroatoms. The van der Waals surface area contributed by atoms with E-state index in [2.05, 4.69) is 33.1 Å². The molecule has 1 fully saturated rings. The van der Waals surface area contributed by atoms with Crippen molar-refractivity contribution in [3.8, 4) is 11.3 Å². The molecule has 1 aliphatic heterocycles. The maximum absolute atomic E-state index is 6.28. The highest BCUT2D eigenvalue weighted by Gasteiger charge is 2.23. The topological polar surface area (TPSA) is 60.5 Å². The molecule has 23 heavy (non-hydrogen) atoms. The highest BCUT2D eigenvalue weighted by atomic mass is 35.5. The third-order valence-corrected chi connectivity index (χ3v) is 4.48. The molecule has 0 aromatic carbocycles. The number of hydrogen-bond acceptors (Lipinski definition) is 5. The summed E-state index contributed by atoms with van der Waals surface area (Å²) in [5.74, 6) is 0.888. The molecule has 0 aliphatic carbocycles. The molecule has 3 aromatic rings. The van der Waals surface area contributed by atoms with Crippen LogP contribution in [0.1, 0.15) is 6.92 Å². The first-order chi connectivity index (χ1) is 11.1. The van der Waals surface area contributed by atoms with Crippen molar-refractivity contribution >= 4 is 22.9 Å². The molecule has 0 spiro atoms. The van der Waals surface area contributed by atoms with Crippen molar-refractivity contribution in [1.82, 2.24) is 24.4 Å². The van der Waals surface area contributed by atoms with Crippen LogP contribution >= 0.6 is 11.6 Å². The van der Waals surface area contributed by atoms with Gasteiger partial charge < -0.3 is 9.64 Å². The number of nitrogens with zero attached hydrogens (tertiary/aromatic N) is 6. The summed E-state index contributed by atoms with van der Waals surface area (Å²) >= 11 is 6.28. The fourth-order valence-corrected chi connectivity index (χ4v) is 3.24. The van der Waals surface area contributed by atoms with Crippen molar-refractivity contribution in [3.63, 3.8) is 0 Å². The van der Waals surface area contributed by atoms with E-state index >= 15 is 0 Å². The lowest BCUT2D eigenvalue weighted by atomic mass is 10.1. The average molecular weight is 333 g/mol. The van der Waals surface area contributed by atoms with Crippen LogP contribution in [0.4, 0.5) is 5.82 Å². The number of morpholine rings is 1. The molecule has 120 valence electrons. The van der Waals surface area contributed by atoms with Crippen molar-refractivity contribution in [2.24, 2.45) is 7.05 Å². The van der Waals surface area contributed by atoms with Gasteiger partial charge in [0.05, 0.1) is 24.9 Å². The van der Waals surface area contributed by atoms with Crippen LogP contribution in [0.25, 0.3) is 16.8 Å². The van der Waals surface area contributed by atoms with Gasteiger partial charge in [0.25, 0.3) is 0 Å². The Kier molecular flexibility index (Phi) is 3.46. The van der Waals surface area contributed by atoms with Crippen molar-refractivity contribution in [1.29, 1.82) is 0 Å². The molecule has 3 aromatic heterocycles. The summed E-state index contributed by atoms with van der Waals surface area (Å²) in [6.07, 6.45) is 3.42. The van der Waals surface area contributed by atoms with Crippen molar-refractivity contribution in [2.75, 3.05) is 24.7 Å². The molecular weight excluding hydrogens is 316 g/mol. The number of anilines is 1. The van der Waals surface area contributed by atoms with Gasteiger partial charge in [-0.15, -0.1) is 5.10 Å². The van der Waals surface area contributed by atoms with Crippen molar-refractivity contribution in [2.45, 2.75) is 13.0 Å². The number of hydrogen-bond donors (Lipinski definition) is 0. The summed E-state index contributed by atoms with van der Waals surface area (Å²) in [5, 5.41) is 9.38. The SMILES string of the molecule is C[C@@H]1COCCN1c1cc(-c2ccnn2C)c2c(Cl)ncn2n1. The first-order valence-electron chi connectivity index (χ1n) is 7.52. The number of rotatable bonds is 2. The third-order valence-electron chi connectivity index (χ3n) is 4.20. The van der Waals surface area contributed by atoms with E-state index in [1.165, 1.54) is 0 Å². The number of aromatic nitrogens is 5. The largest absolute Gasteiger partial charge is 0.377 e. The zero-order valence-electron chi connectivity index (χ0n) is 13.0. The minimum Gasteiger partial charge on any atom is -0.377 e. The summed E-state index contributed by atoms with van der Waals surface area (Å²) in [6.45, 7) is 4.35. The highest BCUT2D eigenvalue weighted by molar-refractivity contribution is 6.33. The highest BCUT2D eigenvalue weighted by Crippen LogP contribution is 2.31. The van der Waals surface area contributed by atoms with E-state index < -0.39 is 0 Å². The second-order valence-corrected chi connectivity index (χ2v) is 6.06. The molecule has 1 saturated heterocycles. The second-order valence-electron chi connectivity index (χ2n) is 5.70. The summed E-state index contributed by atoms with van der Waals surface area (Å²) in [6, 6.07) is 4.29. The minimum atomic E-state index is 0.270. The summed E-state index contributed by atoms with van der Waals surface area (Å²) in [7, 11) is 1.91. The van der Waals surface area contributed by atoms with Crippen molar-refractivity contribution < 1.29 is 4.74 Å². The van der Waals surface area contributed by atoms with Gasteiger partial charge in [-0.1, -0.05) is 11.6 Å². The molecule has 7 nitrogen and oxygen atoms in total. The fraction of sp³-hybridized carbons (Fsp3) is 0.400. The Morgan fingerprint density at radius 2 is 2.26 bits per heavy atom. The van der Waals surface area contributed by atoms with E-state index in [0.717, 1.165) is 29.1 Å². The van der Waals surface area contributed by atoms with Crippen LogP contribution in [-0.2, 0) is 11.8 Å². The van der Waals surface area contributed by atoms with Crippen molar-refractivity contribution in [3.05, 3.63) is 29.8 Å². The number of fused-ring (bicyclic) bond motifs is 1. The van der Waals surface area contributed by atoms with Crippen LogP contribution in [-0.4, -0.2) is 50.2 Å². The average Bonchev–Trinajstić information content (AvgIpc) is 3.13. The Hall–Kier alpha value is -2.12. The van der Waals surface area contributed by atoms with Crippen LogP contribution in [0.5, 0.6) is 0 Å². The molecule has 0 bridgehead atoms. The van der Waals surface area contributed by atoms with Gasteiger partial charge in [-0.2, -0.15) is 5.10 Å². The van der Waals surface area contributed by atoms with Gasteiger partial charge in [-0.3, -0.25) is 4.68 Å². The molecule has 1 aliphatic rings. The normalized spacial score (nSPS) is 18.7. The lowest BCUT2D eigenvalue weighted by Gasteiger charge is -2.34. The zero-order valence-corrected chi connectivity index (χ0v) is 13.7. The zero-order chi connectivity index (χ0) is 16.0. The van der Waals surface area contributed by atoms with Gasteiger partial charge >= 0.3 is 0 Å². The van der Waals surface area contributed by atoms with Gasteiger partial charge in [0.1, 0.15) is 11.8 Å². The molecule has 0 radical (unpaired) electrons. The smallest absolute Gasteiger partial charge is 0.157 e. The monoisotopic (exact) mass is 332 g/mol. The van der Waals surface area contributed by atoms with E-state index in [9.17, 15) is 0 Å². The van der Waals surface area contributed by atoms with Crippen LogP contribution in [0.2, 0.25) is 5.15 Å². The van der Waals surface area contributed by atoms with Crippen LogP contribution in [0.15, 0.2) is 24.7 Å².